The van der Waals surface area contributed by atoms with Crippen molar-refractivity contribution < 1.29 is 28.6 Å². The average molecular weight is 557 g/mol. The van der Waals surface area contributed by atoms with Gasteiger partial charge in [0.2, 0.25) is 5.54 Å². The molecule has 8 nitrogen and oxygen atoms in total. The molecule has 3 aromatic rings. The van der Waals surface area contributed by atoms with Crippen molar-refractivity contribution in [2.24, 2.45) is 0 Å². The van der Waals surface area contributed by atoms with E-state index in [1.165, 1.54) is 0 Å². The fraction of sp³-hybridized carbons (Fsp3) is 0.364. The van der Waals surface area contributed by atoms with E-state index in [9.17, 15) is 14.4 Å². The van der Waals surface area contributed by atoms with Gasteiger partial charge in [0.05, 0.1) is 19.3 Å². The summed E-state index contributed by atoms with van der Waals surface area (Å²) in [5, 5.41) is 3.36. The first-order valence-electron chi connectivity index (χ1n) is 14.2. The van der Waals surface area contributed by atoms with E-state index < -0.39 is 40.8 Å². The zero-order valence-electron chi connectivity index (χ0n) is 23.9. The van der Waals surface area contributed by atoms with E-state index in [-0.39, 0.29) is 13.2 Å². The van der Waals surface area contributed by atoms with Crippen LogP contribution in [0.5, 0.6) is 5.75 Å². The zero-order chi connectivity index (χ0) is 29.2. The molecule has 3 atom stereocenters. The number of nitrogens with one attached hydrogen (secondary N) is 1. The van der Waals surface area contributed by atoms with Crippen LogP contribution in [0.2, 0.25) is 0 Å². The largest absolute Gasteiger partial charge is 0.464 e. The molecule has 0 aromatic heterocycles. The van der Waals surface area contributed by atoms with Crippen LogP contribution in [0, 0.1) is 0 Å². The van der Waals surface area contributed by atoms with Gasteiger partial charge in [-0.1, -0.05) is 66.7 Å². The summed E-state index contributed by atoms with van der Waals surface area (Å²) in [5.74, 6) is -2.82. The highest BCUT2D eigenvalue weighted by Gasteiger charge is 2.76. The SMILES string of the molecule is CCOC(=O)C1(C(=O)OCC)N[C@@H]2c3ccc(N(CC)CC)cc3OC(=O)[C@]2(c2ccccc2)[C@H]1c1ccccc1. The van der Waals surface area contributed by atoms with E-state index in [1.54, 1.807) is 13.8 Å². The Morgan fingerprint density at radius 2 is 1.44 bits per heavy atom. The summed E-state index contributed by atoms with van der Waals surface area (Å²) in [5.41, 5.74) is -0.746. The molecular formula is C33H36N2O6. The monoisotopic (exact) mass is 556 g/mol. The Balaban J connectivity index is 1.86. The number of anilines is 1. The normalized spacial score (nSPS) is 22.2. The Hall–Kier alpha value is -4.17. The molecule has 0 amide bonds. The van der Waals surface area contributed by atoms with E-state index >= 15 is 0 Å². The highest BCUT2D eigenvalue weighted by molar-refractivity contribution is 6.10. The number of esters is 3. The van der Waals surface area contributed by atoms with E-state index in [4.69, 9.17) is 14.2 Å². The maximum atomic E-state index is 14.6. The number of carbonyl (C=O) groups is 3. The van der Waals surface area contributed by atoms with Gasteiger partial charge >= 0.3 is 17.9 Å². The van der Waals surface area contributed by atoms with Crippen molar-refractivity contribution in [3.8, 4) is 5.75 Å². The van der Waals surface area contributed by atoms with Crippen LogP contribution in [-0.2, 0) is 29.3 Å². The Labute approximate surface area is 240 Å². The fourth-order valence-corrected chi connectivity index (χ4v) is 6.56. The van der Waals surface area contributed by atoms with Crippen molar-refractivity contribution in [2.45, 2.75) is 50.6 Å². The molecule has 1 N–H and O–H groups in total. The summed E-state index contributed by atoms with van der Waals surface area (Å²) in [6.45, 7) is 9.13. The molecule has 0 bridgehead atoms. The number of ether oxygens (including phenoxy) is 3. The first-order chi connectivity index (χ1) is 19.9. The first kappa shape index (κ1) is 28.4. The van der Waals surface area contributed by atoms with E-state index in [2.05, 4.69) is 24.1 Å². The third kappa shape index (κ3) is 4.28. The Morgan fingerprint density at radius 3 is 2.00 bits per heavy atom. The zero-order valence-corrected chi connectivity index (χ0v) is 23.9. The number of hydrogen-bond acceptors (Lipinski definition) is 8. The lowest BCUT2D eigenvalue weighted by Crippen LogP contribution is -2.60. The van der Waals surface area contributed by atoms with Gasteiger partial charge in [0.25, 0.3) is 0 Å². The second-order valence-corrected chi connectivity index (χ2v) is 10.2. The van der Waals surface area contributed by atoms with Crippen molar-refractivity contribution in [3.05, 3.63) is 95.6 Å². The summed E-state index contributed by atoms with van der Waals surface area (Å²) in [6, 6.07) is 23.3. The van der Waals surface area contributed by atoms with Crippen molar-refractivity contribution in [3.63, 3.8) is 0 Å². The lowest BCUT2D eigenvalue weighted by molar-refractivity contribution is -0.166. The van der Waals surface area contributed by atoms with Crippen LogP contribution in [0.4, 0.5) is 5.69 Å². The van der Waals surface area contributed by atoms with E-state index in [0.717, 1.165) is 18.8 Å². The van der Waals surface area contributed by atoms with Crippen LogP contribution in [0.25, 0.3) is 0 Å². The van der Waals surface area contributed by atoms with Crippen LogP contribution >= 0.6 is 0 Å². The minimum atomic E-state index is -2.04. The standard InChI is InChI=1S/C33H36N2O6/c1-5-35(6-2)24-19-20-25-26(21-24)41-29(36)32(23-17-13-10-14-18-23)27(22-15-11-9-12-16-22)33(34-28(25)32,30(37)39-7-3)31(38)40-8-4/h9-21,27-28,34H,5-8H2,1-4H3/t27-,28-,32-/m1/s1. The first-order valence-corrected chi connectivity index (χ1v) is 14.2. The summed E-state index contributed by atoms with van der Waals surface area (Å²) >= 11 is 0. The van der Waals surface area contributed by atoms with Crippen LogP contribution in [0.3, 0.4) is 0 Å². The van der Waals surface area contributed by atoms with Gasteiger partial charge in [-0.2, -0.15) is 0 Å². The number of hydrogen-bond donors (Lipinski definition) is 1. The number of carbonyl (C=O) groups excluding carboxylic acids is 3. The van der Waals surface area contributed by atoms with Crippen molar-refractivity contribution in [1.82, 2.24) is 5.32 Å². The number of benzene rings is 3. The number of rotatable bonds is 9. The fourth-order valence-electron chi connectivity index (χ4n) is 6.56. The maximum Gasteiger partial charge on any atom is 0.338 e. The summed E-state index contributed by atoms with van der Waals surface area (Å²) in [7, 11) is 0. The molecule has 0 radical (unpaired) electrons. The summed E-state index contributed by atoms with van der Waals surface area (Å²) < 4.78 is 17.4. The van der Waals surface area contributed by atoms with Crippen molar-refractivity contribution in [1.29, 1.82) is 0 Å². The minimum Gasteiger partial charge on any atom is -0.464 e. The predicted octanol–water partition coefficient (Wildman–Crippen LogP) is 4.68. The second-order valence-electron chi connectivity index (χ2n) is 10.2. The van der Waals surface area contributed by atoms with E-state index in [0.29, 0.717) is 22.4 Å². The molecule has 0 aliphatic carbocycles. The second kappa shape index (κ2) is 11.4. The average Bonchev–Trinajstić information content (AvgIpc) is 3.34. The molecule has 0 unspecified atom stereocenters. The van der Waals surface area contributed by atoms with E-state index in [1.807, 2.05) is 78.9 Å². The van der Waals surface area contributed by atoms with Crippen LogP contribution < -0.4 is 15.0 Å². The molecular weight excluding hydrogens is 520 g/mol. The maximum absolute atomic E-state index is 14.6. The molecule has 5 rings (SSSR count). The van der Waals surface area contributed by atoms with Gasteiger partial charge in [0.15, 0.2) is 0 Å². The molecule has 1 saturated heterocycles. The predicted molar refractivity (Wildman–Crippen MR) is 155 cm³/mol. The molecule has 2 aliphatic heterocycles. The van der Waals surface area contributed by atoms with Gasteiger partial charge in [-0.3, -0.25) is 10.1 Å². The summed E-state index contributed by atoms with van der Waals surface area (Å²) in [4.78, 5) is 44.9. The van der Waals surface area contributed by atoms with Crippen LogP contribution in [0.15, 0.2) is 78.9 Å². The molecule has 0 saturated carbocycles. The molecule has 2 heterocycles. The molecule has 214 valence electrons. The molecule has 1 fully saturated rings. The smallest absolute Gasteiger partial charge is 0.338 e. The van der Waals surface area contributed by atoms with Gasteiger partial charge in [0.1, 0.15) is 11.2 Å². The van der Waals surface area contributed by atoms with Gasteiger partial charge in [0, 0.05) is 36.3 Å². The minimum absolute atomic E-state index is 0.0421. The molecule has 41 heavy (non-hydrogen) atoms. The Morgan fingerprint density at radius 1 is 0.854 bits per heavy atom. The Kier molecular flexibility index (Phi) is 7.87. The molecule has 8 heteroatoms. The number of fused-ring (bicyclic) bond motifs is 3. The molecule has 2 aliphatic rings. The van der Waals surface area contributed by atoms with Gasteiger partial charge in [-0.05, 0) is 44.9 Å². The highest BCUT2D eigenvalue weighted by atomic mass is 16.6. The topological polar surface area (TPSA) is 94.2 Å². The lowest BCUT2D eigenvalue weighted by atomic mass is 9.59. The molecule has 3 aromatic carbocycles. The Bertz CT molecular complexity index is 1400. The highest BCUT2D eigenvalue weighted by Crippen LogP contribution is 2.62. The third-order valence-electron chi connectivity index (χ3n) is 8.27. The quantitative estimate of drug-likeness (QED) is 0.231. The van der Waals surface area contributed by atoms with Crippen LogP contribution in [0.1, 0.15) is 56.3 Å². The number of nitrogens with zero attached hydrogens (tertiary/aromatic N) is 1. The molecule has 0 spiro atoms. The van der Waals surface area contributed by atoms with Gasteiger partial charge < -0.3 is 19.1 Å². The van der Waals surface area contributed by atoms with Crippen molar-refractivity contribution in [2.75, 3.05) is 31.2 Å². The van der Waals surface area contributed by atoms with Gasteiger partial charge in [-0.15, -0.1) is 0 Å². The summed E-state index contributed by atoms with van der Waals surface area (Å²) in [6.07, 6.45) is 0. The lowest BCUT2D eigenvalue weighted by Gasteiger charge is -2.42. The van der Waals surface area contributed by atoms with Crippen LogP contribution in [-0.4, -0.2) is 49.8 Å². The third-order valence-corrected chi connectivity index (χ3v) is 8.27. The van der Waals surface area contributed by atoms with Gasteiger partial charge in [-0.25, -0.2) is 9.59 Å². The van der Waals surface area contributed by atoms with Crippen molar-refractivity contribution >= 4 is 23.6 Å².